The SMILES string of the molecule is O=C(COC(=O)c1c2ccccc2cc2ccccc12)Nc1ccc(Cl)cn1. The lowest BCUT2D eigenvalue weighted by atomic mass is 9.97. The molecule has 0 unspecified atom stereocenters. The zero-order chi connectivity index (χ0) is 19.5. The van der Waals surface area contributed by atoms with Crippen LogP contribution in [0.25, 0.3) is 21.5 Å². The molecular weight excluding hydrogens is 376 g/mol. The van der Waals surface area contributed by atoms with Crippen molar-refractivity contribution in [3.63, 3.8) is 0 Å². The number of hydrogen-bond acceptors (Lipinski definition) is 4. The fourth-order valence-corrected chi connectivity index (χ4v) is 3.18. The van der Waals surface area contributed by atoms with E-state index in [4.69, 9.17) is 16.3 Å². The number of carbonyl (C=O) groups excluding carboxylic acids is 2. The molecule has 3 aromatic carbocycles. The van der Waals surface area contributed by atoms with Crippen LogP contribution in [0, 0.1) is 0 Å². The van der Waals surface area contributed by atoms with Crippen molar-refractivity contribution in [1.82, 2.24) is 4.98 Å². The number of amides is 1. The molecule has 0 radical (unpaired) electrons. The average Bonchev–Trinajstić information content (AvgIpc) is 2.72. The molecule has 0 aliphatic carbocycles. The standard InChI is InChI=1S/C22H15ClN2O3/c23-16-9-10-19(24-12-16)25-20(26)13-28-22(27)21-17-7-3-1-5-14(17)11-15-6-2-4-8-18(15)21/h1-12H,13H2,(H,24,25,26). The van der Waals surface area contributed by atoms with Gasteiger partial charge in [0.05, 0.1) is 10.6 Å². The number of benzene rings is 3. The summed E-state index contributed by atoms with van der Waals surface area (Å²) in [6.45, 7) is -0.416. The number of rotatable bonds is 4. The van der Waals surface area contributed by atoms with Crippen LogP contribution in [0.5, 0.6) is 0 Å². The number of fused-ring (bicyclic) bond motifs is 2. The maximum atomic E-state index is 12.8. The van der Waals surface area contributed by atoms with E-state index in [-0.39, 0.29) is 0 Å². The molecule has 0 atom stereocenters. The minimum Gasteiger partial charge on any atom is -0.452 e. The molecule has 0 saturated heterocycles. The molecule has 5 nitrogen and oxygen atoms in total. The van der Waals surface area contributed by atoms with Crippen LogP contribution in [0.15, 0.2) is 72.9 Å². The van der Waals surface area contributed by atoms with E-state index >= 15 is 0 Å². The summed E-state index contributed by atoms with van der Waals surface area (Å²) >= 11 is 5.77. The Morgan fingerprint density at radius 2 is 1.57 bits per heavy atom. The molecule has 4 aromatic rings. The third kappa shape index (κ3) is 3.66. The summed E-state index contributed by atoms with van der Waals surface area (Å²) in [5, 5.41) is 6.46. The molecule has 0 saturated carbocycles. The highest BCUT2D eigenvalue weighted by Crippen LogP contribution is 2.29. The van der Waals surface area contributed by atoms with Gasteiger partial charge in [-0.15, -0.1) is 0 Å². The van der Waals surface area contributed by atoms with Gasteiger partial charge in [0.2, 0.25) is 0 Å². The van der Waals surface area contributed by atoms with Crippen LogP contribution in [0.2, 0.25) is 5.02 Å². The molecule has 1 heterocycles. The molecular formula is C22H15ClN2O3. The molecule has 1 amide bonds. The molecule has 0 fully saturated rings. The van der Waals surface area contributed by atoms with Gasteiger partial charge in [-0.25, -0.2) is 9.78 Å². The predicted octanol–water partition coefficient (Wildman–Crippen LogP) is 4.84. The lowest BCUT2D eigenvalue weighted by Gasteiger charge is -2.11. The highest BCUT2D eigenvalue weighted by Gasteiger charge is 2.17. The summed E-state index contributed by atoms with van der Waals surface area (Å²) in [5.74, 6) is -0.694. The number of pyridine rings is 1. The molecule has 28 heavy (non-hydrogen) atoms. The normalized spacial score (nSPS) is 10.8. The van der Waals surface area contributed by atoms with Crippen molar-refractivity contribution >= 4 is 50.8 Å². The first-order chi connectivity index (χ1) is 13.6. The summed E-state index contributed by atoms with van der Waals surface area (Å²) in [7, 11) is 0. The van der Waals surface area contributed by atoms with Crippen LogP contribution in [-0.2, 0) is 9.53 Å². The van der Waals surface area contributed by atoms with E-state index in [1.54, 1.807) is 12.1 Å². The number of nitrogens with one attached hydrogen (secondary N) is 1. The minimum absolute atomic E-state index is 0.334. The van der Waals surface area contributed by atoms with Crippen LogP contribution in [0.3, 0.4) is 0 Å². The van der Waals surface area contributed by atoms with E-state index in [0.717, 1.165) is 21.5 Å². The summed E-state index contributed by atoms with van der Waals surface area (Å²) in [4.78, 5) is 28.9. The Morgan fingerprint density at radius 1 is 0.929 bits per heavy atom. The predicted molar refractivity (Wildman–Crippen MR) is 110 cm³/mol. The number of aromatic nitrogens is 1. The molecule has 6 heteroatoms. The Kier molecular flexibility index (Phi) is 4.91. The number of halogens is 1. The summed E-state index contributed by atoms with van der Waals surface area (Å²) in [6, 6.07) is 20.4. The average molecular weight is 391 g/mol. The third-order valence-electron chi connectivity index (χ3n) is 4.30. The third-order valence-corrected chi connectivity index (χ3v) is 4.53. The van der Waals surface area contributed by atoms with Crippen molar-refractivity contribution in [2.75, 3.05) is 11.9 Å². The fraction of sp³-hybridized carbons (Fsp3) is 0.0455. The van der Waals surface area contributed by atoms with Crippen LogP contribution in [0.1, 0.15) is 10.4 Å². The Balaban J connectivity index is 1.58. The van der Waals surface area contributed by atoms with Gasteiger partial charge in [-0.05, 0) is 39.7 Å². The van der Waals surface area contributed by atoms with E-state index in [2.05, 4.69) is 10.3 Å². The number of esters is 1. The van der Waals surface area contributed by atoms with Crippen LogP contribution >= 0.6 is 11.6 Å². The van der Waals surface area contributed by atoms with Gasteiger partial charge in [-0.1, -0.05) is 60.1 Å². The lowest BCUT2D eigenvalue weighted by Crippen LogP contribution is -2.21. The second-order valence-corrected chi connectivity index (χ2v) is 6.62. The molecule has 138 valence electrons. The van der Waals surface area contributed by atoms with E-state index < -0.39 is 18.5 Å². The molecule has 0 bridgehead atoms. The first-order valence-electron chi connectivity index (χ1n) is 8.61. The largest absolute Gasteiger partial charge is 0.452 e. The van der Waals surface area contributed by atoms with Crippen molar-refractivity contribution in [2.45, 2.75) is 0 Å². The first kappa shape index (κ1) is 17.9. The summed E-state index contributed by atoms with van der Waals surface area (Å²) in [6.07, 6.45) is 1.42. The number of carbonyl (C=O) groups is 2. The Bertz CT molecular complexity index is 1140. The van der Waals surface area contributed by atoms with E-state index in [1.165, 1.54) is 6.20 Å². The molecule has 1 aromatic heterocycles. The van der Waals surface area contributed by atoms with Crippen molar-refractivity contribution in [2.24, 2.45) is 0 Å². The Labute approximate surface area is 165 Å². The van der Waals surface area contributed by atoms with E-state index in [0.29, 0.717) is 16.4 Å². The van der Waals surface area contributed by atoms with E-state index in [9.17, 15) is 9.59 Å². The van der Waals surface area contributed by atoms with Gasteiger partial charge < -0.3 is 10.1 Å². The maximum absolute atomic E-state index is 12.8. The Hall–Kier alpha value is -3.44. The van der Waals surface area contributed by atoms with E-state index in [1.807, 2.05) is 54.6 Å². The van der Waals surface area contributed by atoms with Gasteiger partial charge in [0.25, 0.3) is 5.91 Å². The van der Waals surface area contributed by atoms with Gasteiger partial charge in [0.15, 0.2) is 6.61 Å². The first-order valence-corrected chi connectivity index (χ1v) is 8.98. The van der Waals surface area contributed by atoms with Crippen molar-refractivity contribution < 1.29 is 14.3 Å². The second kappa shape index (κ2) is 7.66. The quantitative estimate of drug-likeness (QED) is 0.400. The summed E-state index contributed by atoms with van der Waals surface area (Å²) in [5.41, 5.74) is 0.450. The second-order valence-electron chi connectivity index (χ2n) is 6.18. The molecule has 4 rings (SSSR count). The van der Waals surface area contributed by atoms with Gasteiger partial charge >= 0.3 is 5.97 Å². The highest BCUT2D eigenvalue weighted by molar-refractivity contribution is 6.30. The minimum atomic E-state index is -0.549. The zero-order valence-corrected chi connectivity index (χ0v) is 15.4. The molecule has 1 N–H and O–H groups in total. The summed E-state index contributed by atoms with van der Waals surface area (Å²) < 4.78 is 5.30. The van der Waals surface area contributed by atoms with Gasteiger partial charge in [0.1, 0.15) is 5.82 Å². The van der Waals surface area contributed by atoms with Crippen LogP contribution < -0.4 is 5.32 Å². The molecule has 0 aliphatic heterocycles. The molecule has 0 spiro atoms. The van der Waals surface area contributed by atoms with Crippen molar-refractivity contribution in [1.29, 1.82) is 0 Å². The Morgan fingerprint density at radius 3 is 2.18 bits per heavy atom. The lowest BCUT2D eigenvalue weighted by molar-refractivity contribution is -0.119. The number of anilines is 1. The highest BCUT2D eigenvalue weighted by atomic mass is 35.5. The van der Waals surface area contributed by atoms with Crippen molar-refractivity contribution in [3.8, 4) is 0 Å². The smallest absolute Gasteiger partial charge is 0.339 e. The van der Waals surface area contributed by atoms with Gasteiger partial charge in [-0.2, -0.15) is 0 Å². The van der Waals surface area contributed by atoms with Crippen LogP contribution in [-0.4, -0.2) is 23.5 Å². The fourth-order valence-electron chi connectivity index (χ4n) is 3.07. The van der Waals surface area contributed by atoms with Gasteiger partial charge in [-0.3, -0.25) is 4.79 Å². The topological polar surface area (TPSA) is 68.3 Å². The zero-order valence-electron chi connectivity index (χ0n) is 14.7. The number of hydrogen-bond donors (Lipinski definition) is 1. The number of ether oxygens (including phenoxy) is 1. The van der Waals surface area contributed by atoms with Crippen LogP contribution in [0.4, 0.5) is 5.82 Å². The monoisotopic (exact) mass is 390 g/mol. The van der Waals surface area contributed by atoms with Gasteiger partial charge in [0, 0.05) is 6.20 Å². The molecule has 0 aliphatic rings. The maximum Gasteiger partial charge on any atom is 0.339 e. The number of nitrogens with zero attached hydrogens (tertiary/aromatic N) is 1. The van der Waals surface area contributed by atoms with Crippen molar-refractivity contribution in [3.05, 3.63) is 83.5 Å².